The van der Waals surface area contributed by atoms with E-state index in [2.05, 4.69) is 4.74 Å². The molecular weight excluding hydrogens is 343 g/mol. The van der Waals surface area contributed by atoms with Crippen LogP contribution in [0.15, 0.2) is 24.3 Å². The fourth-order valence-corrected chi connectivity index (χ4v) is 3.05. The predicted molar refractivity (Wildman–Crippen MR) is 77.9 cm³/mol. The Hall–Kier alpha value is -2.29. The number of aliphatic carboxylic acids is 1. The van der Waals surface area contributed by atoms with Crippen molar-refractivity contribution in [3.05, 3.63) is 29.8 Å². The number of ether oxygens (including phenoxy) is 2. The number of halogens is 3. The van der Waals surface area contributed by atoms with Crippen molar-refractivity contribution in [3.63, 3.8) is 0 Å². The molecule has 3 rings (SSSR count). The van der Waals surface area contributed by atoms with Crippen LogP contribution in [0.2, 0.25) is 0 Å². The van der Waals surface area contributed by atoms with Crippen molar-refractivity contribution < 1.29 is 37.3 Å². The highest BCUT2D eigenvalue weighted by molar-refractivity contribution is 5.84. The second kappa shape index (κ2) is 6.55. The van der Waals surface area contributed by atoms with Gasteiger partial charge in [-0.3, -0.25) is 4.79 Å². The van der Waals surface area contributed by atoms with Gasteiger partial charge < -0.3 is 19.5 Å². The third-order valence-corrected chi connectivity index (χ3v) is 4.31. The fraction of sp³-hybridized carbons (Fsp3) is 0.500. The number of morpholine rings is 1. The molecule has 1 aliphatic heterocycles. The summed E-state index contributed by atoms with van der Waals surface area (Å²) in [5.41, 5.74) is 0.334. The topological polar surface area (TPSA) is 76.1 Å². The molecule has 25 heavy (non-hydrogen) atoms. The van der Waals surface area contributed by atoms with Gasteiger partial charge in [0.15, 0.2) is 6.10 Å². The van der Waals surface area contributed by atoms with Crippen LogP contribution in [0.3, 0.4) is 0 Å². The average molecular weight is 359 g/mol. The van der Waals surface area contributed by atoms with E-state index in [0.717, 1.165) is 0 Å². The van der Waals surface area contributed by atoms with E-state index in [4.69, 9.17) is 9.84 Å². The highest BCUT2D eigenvalue weighted by Crippen LogP contribution is 2.51. The minimum atomic E-state index is -4.80. The largest absolute Gasteiger partial charge is 0.573 e. The molecule has 136 valence electrons. The molecule has 6 nitrogen and oxygen atoms in total. The summed E-state index contributed by atoms with van der Waals surface area (Å²) in [5.74, 6) is -2.54. The number of carboxylic acid groups (broad SMARTS) is 1. The van der Waals surface area contributed by atoms with Gasteiger partial charge in [0.05, 0.1) is 13.2 Å². The molecule has 1 aromatic rings. The van der Waals surface area contributed by atoms with E-state index in [1.165, 1.54) is 23.1 Å². The maximum Gasteiger partial charge on any atom is 0.573 e. The summed E-state index contributed by atoms with van der Waals surface area (Å²) in [5, 5.41) is 8.98. The van der Waals surface area contributed by atoms with Crippen LogP contribution in [0.4, 0.5) is 13.2 Å². The van der Waals surface area contributed by atoms with Crippen molar-refractivity contribution in [1.29, 1.82) is 0 Å². The van der Waals surface area contributed by atoms with E-state index in [1.807, 2.05) is 0 Å². The SMILES string of the molecule is O=C(O)[C@@H]1CN(C(=O)[C@@H]2C[C@@H]2c2ccccc2OC(F)(F)F)CCO1. The van der Waals surface area contributed by atoms with Crippen LogP contribution < -0.4 is 4.74 Å². The second-order valence-electron chi connectivity index (χ2n) is 6.02. The summed E-state index contributed by atoms with van der Waals surface area (Å²) in [6.45, 7) is 0.332. The van der Waals surface area contributed by atoms with E-state index in [0.29, 0.717) is 12.0 Å². The lowest BCUT2D eigenvalue weighted by molar-refractivity contribution is -0.274. The molecule has 0 bridgehead atoms. The third-order valence-electron chi connectivity index (χ3n) is 4.31. The molecule has 0 aromatic heterocycles. The number of hydrogen-bond donors (Lipinski definition) is 1. The van der Waals surface area contributed by atoms with E-state index >= 15 is 0 Å². The molecule has 1 N–H and O–H groups in total. The number of alkyl halides is 3. The van der Waals surface area contributed by atoms with E-state index in [-0.39, 0.29) is 37.3 Å². The van der Waals surface area contributed by atoms with Crippen molar-refractivity contribution >= 4 is 11.9 Å². The minimum absolute atomic E-state index is 0.0575. The highest BCUT2D eigenvalue weighted by Gasteiger charge is 2.48. The number of carboxylic acids is 1. The van der Waals surface area contributed by atoms with Crippen LogP contribution in [0, 0.1) is 5.92 Å². The Morgan fingerprint density at radius 2 is 2.00 bits per heavy atom. The zero-order valence-electron chi connectivity index (χ0n) is 13.0. The number of benzene rings is 1. The van der Waals surface area contributed by atoms with Crippen LogP contribution in [-0.2, 0) is 14.3 Å². The number of para-hydroxylation sites is 1. The summed E-state index contributed by atoms with van der Waals surface area (Å²) in [4.78, 5) is 24.9. The maximum atomic E-state index is 12.5. The molecule has 1 aliphatic carbocycles. The number of rotatable bonds is 4. The first-order chi connectivity index (χ1) is 11.8. The number of hydrogen-bond acceptors (Lipinski definition) is 4. The monoisotopic (exact) mass is 359 g/mol. The van der Waals surface area contributed by atoms with Gasteiger partial charge in [0.25, 0.3) is 0 Å². The molecule has 1 heterocycles. The summed E-state index contributed by atoms with van der Waals surface area (Å²) in [6, 6.07) is 5.76. The Morgan fingerprint density at radius 3 is 2.68 bits per heavy atom. The molecule has 0 spiro atoms. The molecule has 2 aliphatic rings. The molecule has 9 heteroatoms. The number of nitrogens with zero attached hydrogens (tertiary/aromatic N) is 1. The number of carbonyl (C=O) groups is 2. The molecule has 0 radical (unpaired) electrons. The molecule has 2 fully saturated rings. The first-order valence-electron chi connectivity index (χ1n) is 7.74. The Labute approximate surface area is 141 Å². The lowest BCUT2D eigenvalue weighted by Crippen LogP contribution is -2.49. The summed E-state index contributed by atoms with van der Waals surface area (Å²) in [7, 11) is 0. The molecule has 1 amide bonds. The van der Waals surface area contributed by atoms with Gasteiger partial charge in [-0.05, 0) is 24.0 Å². The summed E-state index contributed by atoms with van der Waals surface area (Å²) < 4.78 is 46.6. The van der Waals surface area contributed by atoms with Gasteiger partial charge in [0.2, 0.25) is 5.91 Å². The van der Waals surface area contributed by atoms with E-state index in [9.17, 15) is 22.8 Å². The Morgan fingerprint density at radius 1 is 1.28 bits per heavy atom. The standard InChI is InChI=1S/C16H16F3NO5/c17-16(18,19)25-12-4-2-1-3-9(12)10-7-11(10)14(21)20-5-6-24-13(8-20)15(22)23/h1-4,10-11,13H,5-8H2,(H,22,23)/t10-,11-,13+/m1/s1. The molecule has 1 saturated carbocycles. The lowest BCUT2D eigenvalue weighted by Gasteiger charge is -2.31. The van der Waals surface area contributed by atoms with Crippen molar-refractivity contribution in [3.8, 4) is 5.75 Å². The number of amides is 1. The van der Waals surface area contributed by atoms with Gasteiger partial charge in [-0.15, -0.1) is 13.2 Å². The molecule has 1 aromatic carbocycles. The van der Waals surface area contributed by atoms with Crippen LogP contribution in [0.5, 0.6) is 5.75 Å². The smallest absolute Gasteiger partial charge is 0.479 e. The average Bonchev–Trinajstić information content (AvgIpc) is 3.33. The van der Waals surface area contributed by atoms with Crippen molar-refractivity contribution in [2.45, 2.75) is 24.8 Å². The van der Waals surface area contributed by atoms with Gasteiger partial charge in [-0.25, -0.2) is 4.79 Å². The Kier molecular flexibility index (Phi) is 4.59. The minimum Gasteiger partial charge on any atom is -0.479 e. The van der Waals surface area contributed by atoms with Gasteiger partial charge >= 0.3 is 12.3 Å². The second-order valence-corrected chi connectivity index (χ2v) is 6.02. The van der Waals surface area contributed by atoms with E-state index < -0.39 is 24.4 Å². The quantitative estimate of drug-likeness (QED) is 0.890. The van der Waals surface area contributed by atoms with Crippen LogP contribution in [0.1, 0.15) is 17.9 Å². The van der Waals surface area contributed by atoms with Crippen molar-refractivity contribution in [2.24, 2.45) is 5.92 Å². The third kappa shape index (κ3) is 4.04. The maximum absolute atomic E-state index is 12.5. The number of carbonyl (C=O) groups excluding carboxylic acids is 1. The molecular formula is C16H16F3NO5. The predicted octanol–water partition coefficient (Wildman–Crippen LogP) is 2.00. The lowest BCUT2D eigenvalue weighted by atomic mass is 10.1. The van der Waals surface area contributed by atoms with Gasteiger partial charge in [-0.1, -0.05) is 18.2 Å². The first kappa shape index (κ1) is 17.5. The summed E-state index contributed by atoms with van der Waals surface area (Å²) in [6.07, 6.45) is -5.47. The Balaban J connectivity index is 1.68. The van der Waals surface area contributed by atoms with Gasteiger partial charge in [0.1, 0.15) is 5.75 Å². The molecule has 1 saturated heterocycles. The molecule has 0 unspecified atom stereocenters. The molecule has 3 atom stereocenters. The van der Waals surface area contributed by atoms with Gasteiger partial charge in [-0.2, -0.15) is 0 Å². The van der Waals surface area contributed by atoms with Crippen LogP contribution in [-0.4, -0.2) is 54.0 Å². The fourth-order valence-electron chi connectivity index (χ4n) is 3.05. The van der Waals surface area contributed by atoms with Crippen molar-refractivity contribution in [1.82, 2.24) is 4.90 Å². The van der Waals surface area contributed by atoms with Crippen molar-refractivity contribution in [2.75, 3.05) is 19.7 Å². The normalized spacial score (nSPS) is 26.2. The highest BCUT2D eigenvalue weighted by atomic mass is 19.4. The first-order valence-corrected chi connectivity index (χ1v) is 7.74. The van der Waals surface area contributed by atoms with E-state index in [1.54, 1.807) is 6.07 Å². The zero-order chi connectivity index (χ0) is 18.2. The van der Waals surface area contributed by atoms with Gasteiger partial charge in [0, 0.05) is 12.5 Å². The summed E-state index contributed by atoms with van der Waals surface area (Å²) >= 11 is 0. The Bertz CT molecular complexity index is 678. The van der Waals surface area contributed by atoms with Crippen LogP contribution in [0.25, 0.3) is 0 Å². The zero-order valence-corrected chi connectivity index (χ0v) is 13.0. The van der Waals surface area contributed by atoms with Crippen LogP contribution >= 0.6 is 0 Å².